The van der Waals surface area contributed by atoms with Crippen molar-refractivity contribution in [1.29, 1.82) is 0 Å². The van der Waals surface area contributed by atoms with Crippen LogP contribution in [0.25, 0.3) is 0 Å². The number of carboxylic acid groups (broad SMARTS) is 1. The van der Waals surface area contributed by atoms with E-state index >= 15 is 0 Å². The summed E-state index contributed by atoms with van der Waals surface area (Å²) in [6.07, 6.45) is -0.930. The first-order chi connectivity index (χ1) is 6.76. The van der Waals surface area contributed by atoms with Crippen LogP contribution in [-0.4, -0.2) is 52.8 Å². The third kappa shape index (κ3) is 2.30. The molecule has 15 heavy (non-hydrogen) atoms. The van der Waals surface area contributed by atoms with Crippen LogP contribution >= 0.6 is 0 Å². The first-order valence-electron chi connectivity index (χ1n) is 4.68. The number of aliphatic hydroxyl groups is 1. The van der Waals surface area contributed by atoms with Gasteiger partial charge in [0.05, 0.1) is 11.4 Å². The molecule has 1 heterocycles. The fraction of sp³-hybridized carbons (Fsp3) is 0.875. The average Bonchev–Trinajstić information content (AvgIpc) is 2.47. The molecule has 88 valence electrons. The van der Waals surface area contributed by atoms with E-state index in [4.69, 9.17) is 5.11 Å². The van der Waals surface area contributed by atoms with Crippen LogP contribution in [0.2, 0.25) is 0 Å². The van der Waals surface area contributed by atoms with Crippen molar-refractivity contribution < 1.29 is 23.4 Å². The van der Waals surface area contributed by atoms with E-state index in [0.717, 1.165) is 4.31 Å². The van der Waals surface area contributed by atoms with Crippen molar-refractivity contribution in [3.63, 3.8) is 0 Å². The van der Waals surface area contributed by atoms with E-state index < -0.39 is 33.4 Å². The van der Waals surface area contributed by atoms with E-state index in [0.29, 0.717) is 0 Å². The fourth-order valence-electron chi connectivity index (χ4n) is 1.56. The molecule has 0 aromatic carbocycles. The molecule has 6 nitrogen and oxygen atoms in total. The zero-order chi connectivity index (χ0) is 11.8. The van der Waals surface area contributed by atoms with Crippen LogP contribution in [0.4, 0.5) is 0 Å². The van der Waals surface area contributed by atoms with E-state index in [1.54, 1.807) is 0 Å². The predicted molar refractivity (Wildman–Crippen MR) is 52.8 cm³/mol. The number of β-amino-alcohol motifs (C(OH)–C–C–N with tert-alkyl or cyclic N) is 1. The van der Waals surface area contributed by atoms with Gasteiger partial charge in [-0.2, -0.15) is 4.31 Å². The summed E-state index contributed by atoms with van der Waals surface area (Å²) in [5, 5.41) is 17.4. The average molecular weight is 237 g/mol. The second-order valence-corrected chi connectivity index (χ2v) is 6.35. The highest BCUT2D eigenvalue weighted by Crippen LogP contribution is 2.24. The molecule has 2 atom stereocenters. The van der Waals surface area contributed by atoms with Gasteiger partial charge in [-0.15, -0.1) is 0 Å². The van der Waals surface area contributed by atoms with Gasteiger partial charge in [0, 0.05) is 13.0 Å². The van der Waals surface area contributed by atoms with E-state index in [1.807, 2.05) is 0 Å². The van der Waals surface area contributed by atoms with Crippen molar-refractivity contribution in [3.8, 4) is 0 Å². The molecule has 1 rings (SSSR count). The quantitative estimate of drug-likeness (QED) is 0.673. The van der Waals surface area contributed by atoms with Crippen LogP contribution in [-0.2, 0) is 14.8 Å². The molecule has 0 aromatic heterocycles. The van der Waals surface area contributed by atoms with Crippen LogP contribution in [0.3, 0.4) is 0 Å². The lowest BCUT2D eigenvalue weighted by atomic mass is 10.2. The number of carbonyl (C=O) groups is 1. The molecule has 0 bridgehead atoms. The Morgan fingerprint density at radius 1 is 1.47 bits per heavy atom. The van der Waals surface area contributed by atoms with Gasteiger partial charge in [0.15, 0.2) is 0 Å². The predicted octanol–water partition coefficient (Wildman–Crippen LogP) is -0.756. The van der Waals surface area contributed by atoms with E-state index in [2.05, 4.69) is 0 Å². The van der Waals surface area contributed by atoms with Gasteiger partial charge < -0.3 is 10.2 Å². The second-order valence-electron chi connectivity index (χ2n) is 3.91. The molecule has 2 N–H and O–H groups in total. The lowest BCUT2D eigenvalue weighted by molar-refractivity contribution is -0.140. The largest absolute Gasteiger partial charge is 0.480 e. The van der Waals surface area contributed by atoms with Crippen LogP contribution in [0.1, 0.15) is 20.3 Å². The van der Waals surface area contributed by atoms with Gasteiger partial charge in [-0.3, -0.25) is 4.79 Å². The Bertz CT molecular complexity index is 350. The smallest absolute Gasteiger partial charge is 0.322 e. The Morgan fingerprint density at radius 2 is 2.00 bits per heavy atom. The molecule has 0 spiro atoms. The van der Waals surface area contributed by atoms with Crippen molar-refractivity contribution in [2.75, 3.05) is 6.54 Å². The first kappa shape index (κ1) is 12.4. The minimum Gasteiger partial charge on any atom is -0.480 e. The highest BCUT2D eigenvalue weighted by atomic mass is 32.2. The topological polar surface area (TPSA) is 94.9 Å². The van der Waals surface area contributed by atoms with Crippen molar-refractivity contribution in [2.45, 2.75) is 37.7 Å². The van der Waals surface area contributed by atoms with Crippen molar-refractivity contribution in [1.82, 2.24) is 4.31 Å². The number of aliphatic carboxylic acids is 1. The summed E-state index contributed by atoms with van der Waals surface area (Å²) in [6.45, 7) is 2.84. The van der Waals surface area contributed by atoms with Crippen LogP contribution < -0.4 is 0 Å². The Morgan fingerprint density at radius 3 is 2.40 bits per heavy atom. The maximum absolute atomic E-state index is 11.7. The summed E-state index contributed by atoms with van der Waals surface area (Å²) in [4.78, 5) is 10.8. The molecule has 1 aliphatic rings. The zero-order valence-electron chi connectivity index (χ0n) is 8.62. The molecule has 1 fully saturated rings. The normalized spacial score (nSPS) is 28.5. The van der Waals surface area contributed by atoms with Gasteiger partial charge in [-0.05, 0) is 13.8 Å². The number of sulfonamides is 1. The number of aliphatic hydroxyl groups excluding tert-OH is 1. The van der Waals surface area contributed by atoms with E-state index in [9.17, 15) is 18.3 Å². The Balaban J connectivity index is 2.99. The molecule has 0 radical (unpaired) electrons. The van der Waals surface area contributed by atoms with Gasteiger partial charge in [0.25, 0.3) is 0 Å². The standard InChI is InChI=1S/C8H15NO5S/c1-5(2)15(13,14)9-4-6(10)3-7(9)8(11)12/h5-7,10H,3-4H2,1-2H3,(H,11,12)/t6?,7-/m0/s1. The Kier molecular flexibility index (Phi) is 3.37. The highest BCUT2D eigenvalue weighted by molar-refractivity contribution is 7.89. The molecular formula is C8H15NO5S. The third-order valence-corrected chi connectivity index (χ3v) is 4.69. The van der Waals surface area contributed by atoms with Gasteiger partial charge in [-0.1, -0.05) is 0 Å². The van der Waals surface area contributed by atoms with E-state index in [-0.39, 0.29) is 13.0 Å². The van der Waals surface area contributed by atoms with Crippen molar-refractivity contribution >= 4 is 16.0 Å². The number of rotatable bonds is 3. The summed E-state index contributed by atoms with van der Waals surface area (Å²) in [5.41, 5.74) is 0. The maximum Gasteiger partial charge on any atom is 0.322 e. The van der Waals surface area contributed by atoms with Crippen LogP contribution in [0, 0.1) is 0 Å². The van der Waals surface area contributed by atoms with Crippen LogP contribution in [0.5, 0.6) is 0 Å². The van der Waals surface area contributed by atoms with Gasteiger partial charge in [0.2, 0.25) is 10.0 Å². The monoisotopic (exact) mass is 237 g/mol. The molecule has 0 saturated carbocycles. The molecule has 7 heteroatoms. The molecular weight excluding hydrogens is 222 g/mol. The molecule has 1 saturated heterocycles. The minimum absolute atomic E-state index is 0.0404. The Hall–Kier alpha value is -0.660. The molecule has 1 unspecified atom stereocenters. The molecule has 0 aromatic rings. The zero-order valence-corrected chi connectivity index (χ0v) is 9.44. The van der Waals surface area contributed by atoms with Gasteiger partial charge in [0.1, 0.15) is 6.04 Å². The SMILES string of the molecule is CC(C)S(=O)(=O)N1CC(O)C[C@H]1C(=O)O. The number of carboxylic acids is 1. The lowest BCUT2D eigenvalue weighted by Crippen LogP contribution is -2.43. The Labute approximate surface area is 88.6 Å². The third-order valence-electron chi connectivity index (χ3n) is 2.44. The second kappa shape index (κ2) is 4.07. The maximum atomic E-state index is 11.7. The fourth-order valence-corrected chi connectivity index (χ4v) is 3.01. The molecule has 0 aliphatic carbocycles. The summed E-state index contributed by atoms with van der Waals surface area (Å²) in [7, 11) is -3.61. The number of hydrogen-bond donors (Lipinski definition) is 2. The first-order valence-corrected chi connectivity index (χ1v) is 6.18. The van der Waals surface area contributed by atoms with Crippen LogP contribution in [0.15, 0.2) is 0 Å². The van der Waals surface area contributed by atoms with Gasteiger partial charge >= 0.3 is 5.97 Å². The highest BCUT2D eigenvalue weighted by Gasteiger charge is 2.43. The van der Waals surface area contributed by atoms with Crippen molar-refractivity contribution in [3.05, 3.63) is 0 Å². The van der Waals surface area contributed by atoms with Gasteiger partial charge in [-0.25, -0.2) is 8.42 Å². The summed E-state index contributed by atoms with van der Waals surface area (Å²) >= 11 is 0. The summed E-state index contributed by atoms with van der Waals surface area (Å²) in [5.74, 6) is -1.21. The van der Waals surface area contributed by atoms with E-state index in [1.165, 1.54) is 13.8 Å². The number of nitrogens with zero attached hydrogens (tertiary/aromatic N) is 1. The molecule has 1 aliphatic heterocycles. The summed E-state index contributed by atoms with van der Waals surface area (Å²) in [6, 6.07) is -1.13. The number of hydrogen-bond acceptors (Lipinski definition) is 4. The van der Waals surface area contributed by atoms with Crippen molar-refractivity contribution in [2.24, 2.45) is 0 Å². The summed E-state index contributed by atoms with van der Waals surface area (Å²) < 4.78 is 24.4. The molecule has 0 amide bonds. The minimum atomic E-state index is -3.61. The lowest BCUT2D eigenvalue weighted by Gasteiger charge is -2.22.